The second kappa shape index (κ2) is 3.68. The molecule has 2 N–H and O–H groups in total. The molecule has 0 atom stereocenters. The van der Waals surface area contributed by atoms with E-state index in [1.165, 1.54) is 38.5 Å². The van der Waals surface area contributed by atoms with E-state index in [1.54, 1.807) is 6.07 Å². The van der Waals surface area contributed by atoms with Gasteiger partial charge in [0.25, 0.3) is 0 Å². The molecule has 0 unspecified atom stereocenters. The molecule has 2 nitrogen and oxygen atoms in total. The SMILES string of the molecule is Cc1cc(O)cc(C23CC4CC(CC(C4)C2)C3)c1O. The normalized spacial score (nSPS) is 39.7. The Balaban J connectivity index is 1.84. The molecule has 0 aromatic heterocycles. The van der Waals surface area contributed by atoms with Gasteiger partial charge in [0, 0.05) is 5.56 Å². The van der Waals surface area contributed by atoms with E-state index in [-0.39, 0.29) is 5.41 Å². The van der Waals surface area contributed by atoms with Crippen LogP contribution >= 0.6 is 0 Å². The maximum Gasteiger partial charge on any atom is 0.122 e. The van der Waals surface area contributed by atoms with Crippen LogP contribution in [0.15, 0.2) is 12.1 Å². The Hall–Kier alpha value is -1.18. The minimum Gasteiger partial charge on any atom is -0.508 e. The first kappa shape index (κ1) is 11.6. The molecule has 4 bridgehead atoms. The van der Waals surface area contributed by atoms with E-state index in [0.717, 1.165) is 28.9 Å². The van der Waals surface area contributed by atoms with Gasteiger partial charge >= 0.3 is 0 Å². The van der Waals surface area contributed by atoms with E-state index in [2.05, 4.69) is 0 Å². The van der Waals surface area contributed by atoms with E-state index in [1.807, 2.05) is 13.0 Å². The third-order valence-electron chi connectivity index (χ3n) is 5.89. The molecule has 5 rings (SSSR count). The summed E-state index contributed by atoms with van der Waals surface area (Å²) in [4.78, 5) is 0. The first-order chi connectivity index (χ1) is 9.06. The Morgan fingerprint density at radius 1 is 0.947 bits per heavy atom. The molecule has 0 saturated heterocycles. The van der Waals surface area contributed by atoms with Crippen LogP contribution in [-0.2, 0) is 5.41 Å². The lowest BCUT2D eigenvalue weighted by molar-refractivity contribution is -0.00626. The highest BCUT2D eigenvalue weighted by atomic mass is 16.3. The van der Waals surface area contributed by atoms with Crippen LogP contribution in [0.1, 0.15) is 49.7 Å². The van der Waals surface area contributed by atoms with Crippen LogP contribution in [-0.4, -0.2) is 10.2 Å². The molecule has 4 aliphatic carbocycles. The lowest BCUT2D eigenvalue weighted by Gasteiger charge is -2.57. The molecular weight excluding hydrogens is 236 g/mol. The summed E-state index contributed by atoms with van der Waals surface area (Å²) in [5, 5.41) is 20.4. The molecule has 4 fully saturated rings. The van der Waals surface area contributed by atoms with Gasteiger partial charge in [-0.1, -0.05) is 0 Å². The quantitative estimate of drug-likeness (QED) is 0.751. The zero-order chi connectivity index (χ0) is 13.2. The number of benzene rings is 1. The molecule has 1 aromatic rings. The van der Waals surface area contributed by atoms with Crippen molar-refractivity contribution in [2.75, 3.05) is 0 Å². The molecule has 102 valence electrons. The molecule has 0 amide bonds. The first-order valence-corrected chi connectivity index (χ1v) is 7.59. The zero-order valence-corrected chi connectivity index (χ0v) is 11.5. The maximum absolute atomic E-state index is 10.5. The van der Waals surface area contributed by atoms with Gasteiger partial charge in [-0.25, -0.2) is 0 Å². The maximum atomic E-state index is 10.5. The Morgan fingerprint density at radius 2 is 1.47 bits per heavy atom. The average molecular weight is 258 g/mol. The van der Waals surface area contributed by atoms with Gasteiger partial charge in [-0.15, -0.1) is 0 Å². The van der Waals surface area contributed by atoms with Gasteiger partial charge in [-0.2, -0.15) is 0 Å². The minimum atomic E-state index is 0.155. The lowest BCUT2D eigenvalue weighted by atomic mass is 9.48. The van der Waals surface area contributed by atoms with Crippen molar-refractivity contribution in [3.05, 3.63) is 23.3 Å². The van der Waals surface area contributed by atoms with Crippen molar-refractivity contribution >= 4 is 0 Å². The lowest BCUT2D eigenvalue weighted by Crippen LogP contribution is -2.48. The van der Waals surface area contributed by atoms with Crippen molar-refractivity contribution in [2.24, 2.45) is 17.8 Å². The van der Waals surface area contributed by atoms with Gasteiger partial charge < -0.3 is 10.2 Å². The molecule has 2 heteroatoms. The first-order valence-electron chi connectivity index (χ1n) is 7.59. The molecule has 4 aliphatic rings. The summed E-state index contributed by atoms with van der Waals surface area (Å²) < 4.78 is 0. The van der Waals surface area contributed by atoms with Crippen molar-refractivity contribution in [1.82, 2.24) is 0 Å². The van der Waals surface area contributed by atoms with Crippen molar-refractivity contribution in [3.63, 3.8) is 0 Å². The molecule has 0 spiro atoms. The second-order valence-corrected chi connectivity index (χ2v) is 7.36. The Labute approximate surface area is 114 Å². The summed E-state index contributed by atoms with van der Waals surface area (Å²) in [6.45, 7) is 1.89. The van der Waals surface area contributed by atoms with Crippen molar-refractivity contribution in [2.45, 2.75) is 50.9 Å². The fraction of sp³-hybridized carbons (Fsp3) is 0.647. The van der Waals surface area contributed by atoms with E-state index in [0.29, 0.717) is 11.5 Å². The summed E-state index contributed by atoms with van der Waals surface area (Å²) in [5.74, 6) is 3.30. The minimum absolute atomic E-state index is 0.155. The van der Waals surface area contributed by atoms with Crippen molar-refractivity contribution in [1.29, 1.82) is 0 Å². The zero-order valence-electron chi connectivity index (χ0n) is 11.5. The highest BCUT2D eigenvalue weighted by molar-refractivity contribution is 5.50. The predicted molar refractivity (Wildman–Crippen MR) is 74.4 cm³/mol. The Morgan fingerprint density at radius 3 is 2.00 bits per heavy atom. The van der Waals surface area contributed by atoms with Crippen LogP contribution in [0.2, 0.25) is 0 Å². The highest BCUT2D eigenvalue weighted by Crippen LogP contribution is 2.62. The summed E-state index contributed by atoms with van der Waals surface area (Å²) >= 11 is 0. The third-order valence-corrected chi connectivity index (χ3v) is 5.89. The standard InChI is InChI=1S/C17H22O2/c1-10-2-14(18)6-15(16(10)19)17-7-11-3-12(8-17)5-13(4-11)9-17/h2,6,11-13,18-19H,3-5,7-9H2,1H3. The van der Waals surface area contributed by atoms with Crippen LogP contribution in [0.25, 0.3) is 0 Å². The topological polar surface area (TPSA) is 40.5 Å². The second-order valence-electron chi connectivity index (χ2n) is 7.36. The van der Waals surface area contributed by atoms with Gasteiger partial charge in [0.15, 0.2) is 0 Å². The van der Waals surface area contributed by atoms with Gasteiger partial charge in [-0.3, -0.25) is 0 Å². The van der Waals surface area contributed by atoms with Gasteiger partial charge in [-0.05, 0) is 86.3 Å². The summed E-state index contributed by atoms with van der Waals surface area (Å²) in [5.41, 5.74) is 2.00. The van der Waals surface area contributed by atoms with E-state index in [4.69, 9.17) is 0 Å². The van der Waals surface area contributed by atoms with Crippen LogP contribution in [0, 0.1) is 24.7 Å². The largest absolute Gasteiger partial charge is 0.508 e. The molecular formula is C17H22O2. The predicted octanol–water partition coefficient (Wildman–Crippen LogP) is 3.87. The Bertz CT molecular complexity index is 497. The number of hydrogen-bond donors (Lipinski definition) is 2. The van der Waals surface area contributed by atoms with E-state index in [9.17, 15) is 10.2 Å². The summed E-state index contributed by atoms with van der Waals surface area (Å²) in [6.07, 6.45) is 7.85. The van der Waals surface area contributed by atoms with Crippen molar-refractivity contribution in [3.8, 4) is 11.5 Å². The number of aromatic hydroxyl groups is 2. The van der Waals surface area contributed by atoms with E-state index >= 15 is 0 Å². The molecule has 0 radical (unpaired) electrons. The van der Waals surface area contributed by atoms with Crippen molar-refractivity contribution < 1.29 is 10.2 Å². The monoisotopic (exact) mass is 258 g/mol. The fourth-order valence-corrected chi connectivity index (χ4v) is 5.61. The number of phenolic OH excluding ortho intramolecular Hbond substituents is 2. The smallest absolute Gasteiger partial charge is 0.122 e. The van der Waals surface area contributed by atoms with Crippen LogP contribution < -0.4 is 0 Å². The average Bonchev–Trinajstić information content (AvgIpc) is 2.32. The molecule has 1 aromatic carbocycles. The van der Waals surface area contributed by atoms with Crippen LogP contribution in [0.5, 0.6) is 11.5 Å². The number of hydrogen-bond acceptors (Lipinski definition) is 2. The molecule has 0 aliphatic heterocycles. The summed E-state index contributed by atoms with van der Waals surface area (Å²) in [6, 6.07) is 3.49. The van der Waals surface area contributed by atoms with Gasteiger partial charge in [0.1, 0.15) is 11.5 Å². The number of rotatable bonds is 1. The molecule has 4 saturated carbocycles. The highest BCUT2D eigenvalue weighted by Gasteiger charge is 2.52. The van der Waals surface area contributed by atoms with E-state index < -0.39 is 0 Å². The van der Waals surface area contributed by atoms with Gasteiger partial charge in [0.2, 0.25) is 0 Å². The molecule has 0 heterocycles. The summed E-state index contributed by atoms with van der Waals surface area (Å²) in [7, 11) is 0. The third kappa shape index (κ3) is 1.62. The number of aryl methyl sites for hydroxylation is 1. The van der Waals surface area contributed by atoms with Crippen LogP contribution in [0.3, 0.4) is 0 Å². The van der Waals surface area contributed by atoms with Gasteiger partial charge in [0.05, 0.1) is 0 Å². The molecule has 19 heavy (non-hydrogen) atoms. The number of phenols is 2. The Kier molecular flexibility index (Phi) is 2.25. The van der Waals surface area contributed by atoms with Crippen LogP contribution in [0.4, 0.5) is 0 Å². The fourth-order valence-electron chi connectivity index (χ4n) is 5.61.